The number of rotatable bonds is 7. The molecule has 3 aromatic heterocycles. The van der Waals surface area contributed by atoms with Gasteiger partial charge in [0.15, 0.2) is 0 Å². The van der Waals surface area contributed by atoms with E-state index in [2.05, 4.69) is 171 Å². The molecule has 0 aliphatic heterocycles. The maximum absolute atomic E-state index is 6.69. The summed E-state index contributed by atoms with van der Waals surface area (Å²) in [6.45, 7) is 27.0. The van der Waals surface area contributed by atoms with Crippen molar-refractivity contribution in [3.63, 3.8) is 0 Å². The summed E-state index contributed by atoms with van der Waals surface area (Å²) in [5, 5.41) is 7.47. The Morgan fingerprint density at radius 3 is 2.09 bits per heavy atom. The van der Waals surface area contributed by atoms with E-state index in [1.54, 1.807) is 0 Å². The molecule has 0 saturated carbocycles. The van der Waals surface area contributed by atoms with Gasteiger partial charge in [0.1, 0.15) is 5.82 Å². The molecule has 0 spiro atoms. The molecule has 0 bridgehead atoms. The van der Waals surface area contributed by atoms with E-state index in [9.17, 15) is 0 Å². The molecule has 0 radical (unpaired) electrons. The van der Waals surface area contributed by atoms with Crippen LogP contribution in [0.3, 0.4) is 0 Å². The molecule has 0 saturated heterocycles. The zero-order valence-corrected chi connectivity index (χ0v) is 36.1. The first-order valence-corrected chi connectivity index (χ1v) is 18.9. The molecule has 7 aromatic rings. The Morgan fingerprint density at radius 2 is 1.44 bits per heavy atom. The van der Waals surface area contributed by atoms with E-state index < -0.39 is 0 Å². The molecule has 0 fully saturated rings. The van der Waals surface area contributed by atoms with Crippen LogP contribution < -0.4 is 4.74 Å². The Hall–Kier alpha value is -4.47. The Balaban J connectivity index is 0.00000497. The molecule has 280 valence electrons. The molecule has 0 atom stereocenters. The van der Waals surface area contributed by atoms with Gasteiger partial charge in [-0.3, -0.25) is 4.68 Å². The Labute approximate surface area is 336 Å². The van der Waals surface area contributed by atoms with Gasteiger partial charge in [-0.25, -0.2) is 4.98 Å². The maximum atomic E-state index is 6.69. The molecular weight excluding hydrogens is 844 g/mol. The predicted octanol–water partition coefficient (Wildman–Crippen LogP) is 12.6. The second kappa shape index (κ2) is 14.6. The predicted molar refractivity (Wildman–Crippen MR) is 220 cm³/mol. The van der Waals surface area contributed by atoms with Crippen molar-refractivity contribution in [1.29, 1.82) is 0 Å². The fraction of sp³-hybridized carbons (Fsp3) is 0.333. The molecule has 3 heterocycles. The number of hydrogen-bond acceptors (Lipinski definition) is 3. The SMILES string of the molecule is CCc1ccnc(-n2c3[c-]c(Oc4[c-]c(-n5nc(C)c(-c6c(C(C)(C)C)cc(C)cc6C(C)(C)C)c5C)cc(C(C)C)c4)ccc3c3ccccc32)c1.[Pt+2]. The molecule has 0 amide bonds. The number of para-hydroxylation sites is 1. The van der Waals surface area contributed by atoms with E-state index >= 15 is 0 Å². The number of benzene rings is 4. The van der Waals surface area contributed by atoms with Crippen LogP contribution in [0.15, 0.2) is 79.0 Å². The molecule has 0 aliphatic rings. The summed E-state index contributed by atoms with van der Waals surface area (Å²) in [7, 11) is 0. The number of ether oxygens (including phenoxy) is 1. The van der Waals surface area contributed by atoms with Crippen LogP contribution in [0.5, 0.6) is 11.5 Å². The second-order valence-electron chi connectivity index (χ2n) is 16.9. The average molecular weight is 896 g/mol. The van der Waals surface area contributed by atoms with Crippen molar-refractivity contribution in [3.8, 4) is 34.1 Å². The van der Waals surface area contributed by atoms with Crippen molar-refractivity contribution >= 4 is 21.8 Å². The third kappa shape index (κ3) is 7.20. The number of hydrogen-bond donors (Lipinski definition) is 0. The van der Waals surface area contributed by atoms with Crippen LogP contribution in [-0.2, 0) is 38.3 Å². The summed E-state index contributed by atoms with van der Waals surface area (Å²) in [6.07, 6.45) is 2.83. The largest absolute Gasteiger partial charge is 2.00 e. The summed E-state index contributed by atoms with van der Waals surface area (Å²) in [5.41, 5.74) is 13.7. The van der Waals surface area contributed by atoms with E-state index in [1.165, 1.54) is 33.4 Å². The molecule has 0 unspecified atom stereocenters. The van der Waals surface area contributed by atoms with Gasteiger partial charge < -0.3 is 9.30 Å². The minimum atomic E-state index is -0.0504. The Kier molecular flexibility index (Phi) is 10.6. The number of nitrogens with zero attached hydrogens (tertiary/aromatic N) is 4. The third-order valence-electron chi connectivity index (χ3n) is 10.4. The minimum absolute atomic E-state index is 0. The summed E-state index contributed by atoms with van der Waals surface area (Å²) >= 11 is 0. The van der Waals surface area contributed by atoms with Crippen molar-refractivity contribution < 1.29 is 25.8 Å². The summed E-state index contributed by atoms with van der Waals surface area (Å²) in [5.74, 6) is 2.39. The first-order valence-electron chi connectivity index (χ1n) is 18.9. The summed E-state index contributed by atoms with van der Waals surface area (Å²) in [6, 6.07) is 33.1. The molecule has 5 nitrogen and oxygen atoms in total. The van der Waals surface area contributed by atoms with Gasteiger partial charge in [-0.05, 0) is 95.5 Å². The second-order valence-corrected chi connectivity index (χ2v) is 16.9. The number of aromatic nitrogens is 4. The number of pyridine rings is 1. The van der Waals surface area contributed by atoms with E-state index in [-0.39, 0.29) is 37.8 Å². The van der Waals surface area contributed by atoms with Gasteiger partial charge in [0.05, 0.1) is 5.69 Å². The average Bonchev–Trinajstić information content (AvgIpc) is 3.59. The monoisotopic (exact) mass is 895 g/mol. The zero-order chi connectivity index (χ0) is 38.0. The first-order chi connectivity index (χ1) is 25.0. The van der Waals surface area contributed by atoms with Gasteiger partial charge in [0, 0.05) is 34.5 Å². The van der Waals surface area contributed by atoms with Gasteiger partial charge in [-0.1, -0.05) is 104 Å². The van der Waals surface area contributed by atoms with E-state index in [0.717, 1.165) is 56.7 Å². The molecular formula is C48H52N4OPt. The quantitative estimate of drug-likeness (QED) is 0.150. The fourth-order valence-electron chi connectivity index (χ4n) is 7.62. The zero-order valence-electron chi connectivity index (χ0n) is 33.8. The van der Waals surface area contributed by atoms with Gasteiger partial charge in [-0.2, -0.15) is 11.2 Å². The maximum Gasteiger partial charge on any atom is 2.00 e. The van der Waals surface area contributed by atoms with Crippen LogP contribution in [0.4, 0.5) is 0 Å². The van der Waals surface area contributed by atoms with Crippen LogP contribution in [0, 0.1) is 32.9 Å². The van der Waals surface area contributed by atoms with Crippen LogP contribution in [0.25, 0.3) is 44.4 Å². The Morgan fingerprint density at radius 1 is 0.759 bits per heavy atom. The van der Waals surface area contributed by atoms with Gasteiger partial charge in [0.25, 0.3) is 0 Å². The van der Waals surface area contributed by atoms with Gasteiger partial charge in [0.2, 0.25) is 0 Å². The van der Waals surface area contributed by atoms with E-state index in [0.29, 0.717) is 11.5 Å². The molecule has 54 heavy (non-hydrogen) atoms. The molecule has 4 aromatic carbocycles. The van der Waals surface area contributed by atoms with Crippen molar-refractivity contribution in [2.24, 2.45) is 0 Å². The first kappa shape index (κ1) is 39.2. The molecule has 0 aliphatic carbocycles. The summed E-state index contributed by atoms with van der Waals surface area (Å²) in [4.78, 5) is 4.79. The molecule has 0 N–H and O–H groups in total. The van der Waals surface area contributed by atoms with E-state index in [1.807, 2.05) is 12.3 Å². The van der Waals surface area contributed by atoms with Crippen LogP contribution in [0.1, 0.15) is 107 Å². The smallest absolute Gasteiger partial charge is 0.509 e. The standard InChI is InChI=1S/C48H52N4O.Pt/c1-13-33-20-21-49-44(24-33)51-42-17-15-14-16-38(42)39-19-18-36(28-43(39)51)53-37-26-34(29(2)3)25-35(27-37)52-32(6)45(31(5)50-52)46-40(47(7,8)9)22-30(4)23-41(46)48(10,11)12;/h14-26,29H,13H2,1-12H3;/q-2;+2. The van der Waals surface area contributed by atoms with Crippen molar-refractivity contribution in [1.82, 2.24) is 19.3 Å². The van der Waals surface area contributed by atoms with Crippen molar-refractivity contribution in [2.75, 3.05) is 0 Å². The summed E-state index contributed by atoms with van der Waals surface area (Å²) < 4.78 is 10.9. The van der Waals surface area contributed by atoms with Crippen LogP contribution in [0.2, 0.25) is 0 Å². The minimum Gasteiger partial charge on any atom is -0.509 e. The van der Waals surface area contributed by atoms with E-state index in [4.69, 9.17) is 14.8 Å². The molecule has 6 heteroatoms. The normalized spacial score (nSPS) is 12.2. The van der Waals surface area contributed by atoms with Gasteiger partial charge >= 0.3 is 21.1 Å². The van der Waals surface area contributed by atoms with Gasteiger partial charge in [-0.15, -0.1) is 41.3 Å². The molecule has 7 rings (SSSR count). The number of fused-ring (bicyclic) bond motifs is 3. The van der Waals surface area contributed by atoms with Crippen molar-refractivity contribution in [2.45, 2.75) is 106 Å². The third-order valence-corrected chi connectivity index (χ3v) is 10.4. The van der Waals surface area contributed by atoms with Crippen molar-refractivity contribution in [3.05, 3.63) is 130 Å². The Bertz CT molecular complexity index is 2470. The van der Waals surface area contributed by atoms with Crippen LogP contribution in [-0.4, -0.2) is 19.3 Å². The fourth-order valence-corrected chi connectivity index (χ4v) is 7.62. The number of aryl methyl sites for hydroxylation is 3. The topological polar surface area (TPSA) is 44.9 Å². The van der Waals surface area contributed by atoms with Crippen LogP contribution >= 0.6 is 0 Å².